The SMILES string of the molecule is CC(=O)CCCCCCC(C)(C)C.CC(=O)COCC(C)(C)C.CC(C)(C)CCCCCSC1CC(=O)CC1=O.CC(C)(C)COCC(=O)NCCSC1CC(=O)CC1=O.CCC(=O)COCC(C)(C)C. The Morgan fingerprint density at radius 3 is 1.27 bits per heavy atom. The molecule has 71 heavy (non-hydrogen) atoms. The number of unbranched alkanes of at least 4 members (excludes halogenated alkanes) is 5. The minimum absolute atomic E-state index is 0.0137. The molecule has 0 aromatic carbocycles. The lowest BCUT2D eigenvalue weighted by molar-refractivity contribution is -0.126. The maximum Gasteiger partial charge on any atom is 0.246 e. The van der Waals surface area contributed by atoms with Crippen molar-refractivity contribution in [3.8, 4) is 0 Å². The van der Waals surface area contributed by atoms with E-state index in [0.29, 0.717) is 68.0 Å². The molecule has 0 spiro atoms. The Morgan fingerprint density at radius 1 is 0.507 bits per heavy atom. The molecular formula is C57H105NO11S2. The fourth-order valence-corrected chi connectivity index (χ4v) is 8.52. The Hall–Kier alpha value is -2.26. The standard InChI is InChI=1S/C14H23NO4S.C14H24O2S.C12H24O.C9H18O2.C8H16O2/c1-14(2,3)9-19-8-13(18)15-4-5-20-12-7-10(16)6-11(12)17;1-14(2,3)7-5-4-6-8-17-13-10-11(15)9-12(13)16;1-11(13)9-7-5-6-8-10-12(2,3)4;1-5-8(10)6-11-7-9(2,3)4;1-7(9)5-10-6-8(2,3)4/h12H,4-9H2,1-3H3,(H,15,18);13H,4-10H2,1-3H3;5-10H2,1-4H3;5-7H2,1-4H3;5-6H2,1-4H3. The van der Waals surface area contributed by atoms with Crippen LogP contribution in [0.5, 0.6) is 0 Å². The molecule has 14 heteroatoms. The summed E-state index contributed by atoms with van der Waals surface area (Å²) < 4.78 is 15.6. The normalized spacial score (nSPS) is 16.1. The van der Waals surface area contributed by atoms with E-state index in [9.17, 15) is 38.4 Å². The van der Waals surface area contributed by atoms with E-state index in [4.69, 9.17) is 14.2 Å². The summed E-state index contributed by atoms with van der Waals surface area (Å²) in [4.78, 5) is 88.2. The van der Waals surface area contributed by atoms with Gasteiger partial charge in [-0.25, -0.2) is 0 Å². The van der Waals surface area contributed by atoms with E-state index in [1.54, 1.807) is 18.7 Å². The Labute approximate surface area is 442 Å². The van der Waals surface area contributed by atoms with Gasteiger partial charge in [0.2, 0.25) is 5.91 Å². The zero-order chi connectivity index (χ0) is 55.5. The molecule has 0 saturated heterocycles. The van der Waals surface area contributed by atoms with Crippen LogP contribution in [0.2, 0.25) is 0 Å². The molecule has 0 aromatic rings. The molecular weight excluding hydrogens is 939 g/mol. The predicted octanol–water partition coefficient (Wildman–Crippen LogP) is 12.5. The van der Waals surface area contributed by atoms with Gasteiger partial charge >= 0.3 is 0 Å². The van der Waals surface area contributed by atoms with Gasteiger partial charge in [0.15, 0.2) is 23.1 Å². The number of rotatable bonds is 26. The second-order valence-corrected chi connectivity index (χ2v) is 27.8. The second-order valence-electron chi connectivity index (χ2n) is 25.1. The summed E-state index contributed by atoms with van der Waals surface area (Å²) in [5.41, 5.74) is 1.27. The number of nitrogens with one attached hydrogen (secondary N) is 1. The highest BCUT2D eigenvalue weighted by atomic mass is 32.2. The Morgan fingerprint density at radius 2 is 0.901 bits per heavy atom. The zero-order valence-electron chi connectivity index (χ0n) is 48.4. The third-order valence-corrected chi connectivity index (χ3v) is 12.6. The summed E-state index contributed by atoms with van der Waals surface area (Å²) >= 11 is 3.12. The van der Waals surface area contributed by atoms with Gasteiger partial charge in [-0.1, -0.05) is 143 Å². The fourth-order valence-electron chi connectivity index (χ4n) is 6.21. The van der Waals surface area contributed by atoms with Gasteiger partial charge in [-0.05, 0) is 72.4 Å². The largest absolute Gasteiger partial charge is 0.373 e. The van der Waals surface area contributed by atoms with Crippen LogP contribution in [0.4, 0.5) is 0 Å². The van der Waals surface area contributed by atoms with E-state index in [2.05, 4.69) is 88.4 Å². The van der Waals surface area contributed by atoms with E-state index in [0.717, 1.165) is 18.6 Å². The second kappa shape index (κ2) is 39.2. The Balaban J connectivity index is -0.000000835. The van der Waals surface area contributed by atoms with Gasteiger partial charge in [-0.3, -0.25) is 33.6 Å². The van der Waals surface area contributed by atoms with Crippen LogP contribution in [0.15, 0.2) is 0 Å². The van der Waals surface area contributed by atoms with Crippen LogP contribution in [0.3, 0.4) is 0 Å². The van der Waals surface area contributed by atoms with Crippen molar-refractivity contribution in [3.63, 3.8) is 0 Å². The van der Waals surface area contributed by atoms with E-state index in [1.807, 2.05) is 27.7 Å². The number of thioether (sulfide) groups is 2. The molecule has 416 valence electrons. The highest BCUT2D eigenvalue weighted by molar-refractivity contribution is 8.00. The molecule has 2 unspecified atom stereocenters. The maximum absolute atomic E-state index is 11.5. The molecule has 12 nitrogen and oxygen atoms in total. The molecule has 0 aromatic heterocycles. The van der Waals surface area contributed by atoms with Crippen molar-refractivity contribution in [1.82, 2.24) is 5.32 Å². The monoisotopic (exact) mass is 1040 g/mol. The van der Waals surface area contributed by atoms with Crippen LogP contribution in [0.25, 0.3) is 0 Å². The van der Waals surface area contributed by atoms with Crippen molar-refractivity contribution in [2.24, 2.45) is 27.1 Å². The number of ether oxygens (including phenoxy) is 3. The number of ketones is 7. The molecule has 0 bridgehead atoms. The van der Waals surface area contributed by atoms with Crippen LogP contribution in [-0.2, 0) is 52.6 Å². The molecule has 2 aliphatic carbocycles. The van der Waals surface area contributed by atoms with Crippen LogP contribution < -0.4 is 5.32 Å². The molecule has 2 saturated carbocycles. The summed E-state index contributed by atoms with van der Waals surface area (Å²) in [7, 11) is 0. The summed E-state index contributed by atoms with van der Waals surface area (Å²) in [6.07, 6.45) is 13.5. The van der Waals surface area contributed by atoms with Crippen LogP contribution in [0.1, 0.15) is 221 Å². The van der Waals surface area contributed by atoms with Gasteiger partial charge in [0.1, 0.15) is 37.2 Å². The van der Waals surface area contributed by atoms with E-state index in [-0.39, 0.29) is 100 Å². The van der Waals surface area contributed by atoms with Crippen LogP contribution in [0, 0.1) is 27.1 Å². The first kappa shape index (κ1) is 73.0. The van der Waals surface area contributed by atoms with Gasteiger partial charge < -0.3 is 24.3 Å². The van der Waals surface area contributed by atoms with Gasteiger partial charge in [0.05, 0.1) is 43.2 Å². The maximum atomic E-state index is 11.5. The van der Waals surface area contributed by atoms with Crippen LogP contribution in [-0.4, -0.2) is 115 Å². The first-order chi connectivity index (χ1) is 32.4. The molecule has 1 N–H and O–H groups in total. The topological polar surface area (TPSA) is 176 Å². The Kier molecular flexibility index (Phi) is 40.3. The van der Waals surface area contributed by atoms with Crippen molar-refractivity contribution in [3.05, 3.63) is 0 Å². The molecule has 0 radical (unpaired) electrons. The average Bonchev–Trinajstić information content (AvgIpc) is 3.70. The molecule has 0 heterocycles. The van der Waals surface area contributed by atoms with E-state index < -0.39 is 0 Å². The number of amides is 1. The van der Waals surface area contributed by atoms with Crippen molar-refractivity contribution in [1.29, 1.82) is 0 Å². The van der Waals surface area contributed by atoms with Crippen molar-refractivity contribution in [2.75, 3.05) is 57.7 Å². The minimum atomic E-state index is -0.212. The predicted molar refractivity (Wildman–Crippen MR) is 297 cm³/mol. The number of carbonyl (C=O) groups excluding carboxylic acids is 8. The summed E-state index contributed by atoms with van der Waals surface area (Å²) in [6.45, 7) is 40.2. The third-order valence-electron chi connectivity index (χ3n) is 9.93. The number of Topliss-reactive ketones (excluding diaryl/α,β-unsaturated/α-hetero) is 7. The number of hydrogen-bond acceptors (Lipinski definition) is 13. The first-order valence-electron chi connectivity index (χ1n) is 26.3. The number of carbonyl (C=O) groups is 8. The summed E-state index contributed by atoms with van der Waals surface area (Å²) in [5.74, 6) is 2.41. The van der Waals surface area contributed by atoms with Crippen molar-refractivity contribution < 1.29 is 52.6 Å². The average molecular weight is 1040 g/mol. The molecule has 2 aliphatic rings. The Bertz CT molecular complexity index is 1540. The summed E-state index contributed by atoms with van der Waals surface area (Å²) in [5, 5.41) is 2.50. The smallest absolute Gasteiger partial charge is 0.246 e. The zero-order valence-corrected chi connectivity index (χ0v) is 50.1. The van der Waals surface area contributed by atoms with Crippen molar-refractivity contribution >= 4 is 69.9 Å². The van der Waals surface area contributed by atoms with Gasteiger partial charge in [0, 0.05) is 38.0 Å². The summed E-state index contributed by atoms with van der Waals surface area (Å²) in [6, 6.07) is 0. The fraction of sp³-hybridized carbons (Fsp3) is 0.860. The molecule has 2 atom stereocenters. The van der Waals surface area contributed by atoms with Crippen LogP contribution >= 0.6 is 23.5 Å². The minimum Gasteiger partial charge on any atom is -0.373 e. The first-order valence-corrected chi connectivity index (χ1v) is 28.4. The molecule has 0 aliphatic heterocycles. The van der Waals surface area contributed by atoms with E-state index >= 15 is 0 Å². The lowest BCUT2D eigenvalue weighted by Gasteiger charge is -2.17. The molecule has 1 amide bonds. The number of hydrogen-bond donors (Lipinski definition) is 1. The molecule has 2 fully saturated rings. The third kappa shape index (κ3) is 56.9. The van der Waals surface area contributed by atoms with Gasteiger partial charge in [0.25, 0.3) is 0 Å². The lowest BCUT2D eigenvalue weighted by atomic mass is 9.89. The van der Waals surface area contributed by atoms with Gasteiger partial charge in [-0.2, -0.15) is 11.8 Å². The van der Waals surface area contributed by atoms with Crippen molar-refractivity contribution in [2.45, 2.75) is 231 Å². The molecule has 2 rings (SSSR count). The van der Waals surface area contributed by atoms with Gasteiger partial charge in [-0.15, -0.1) is 11.8 Å². The van der Waals surface area contributed by atoms with E-state index in [1.165, 1.54) is 70.1 Å². The lowest BCUT2D eigenvalue weighted by Crippen LogP contribution is -2.31. The highest BCUT2D eigenvalue weighted by Crippen LogP contribution is 2.27. The quantitative estimate of drug-likeness (QED) is 0.0640. The highest BCUT2D eigenvalue weighted by Gasteiger charge is 2.31.